The monoisotopic (exact) mass is 282 g/mol. The van der Waals surface area contributed by atoms with E-state index in [1.54, 1.807) is 25.4 Å². The van der Waals surface area contributed by atoms with E-state index >= 15 is 0 Å². The summed E-state index contributed by atoms with van der Waals surface area (Å²) >= 11 is 0. The molecule has 0 fully saturated rings. The van der Waals surface area contributed by atoms with E-state index in [4.69, 9.17) is 15.0 Å². The van der Waals surface area contributed by atoms with Crippen LogP contribution in [0.3, 0.4) is 0 Å². The van der Waals surface area contributed by atoms with Gasteiger partial charge in [-0.15, -0.1) is 0 Å². The van der Waals surface area contributed by atoms with Crippen LogP contribution in [0.1, 0.15) is 11.4 Å². The molecule has 21 heavy (non-hydrogen) atoms. The molecular weight excluding hydrogens is 268 g/mol. The molecule has 6 heteroatoms. The Kier molecular flexibility index (Phi) is 3.51. The molecular formula is C15H14N4O2. The summed E-state index contributed by atoms with van der Waals surface area (Å²) in [6.07, 6.45) is 2.15. The highest BCUT2D eigenvalue weighted by atomic mass is 16.5. The quantitative estimate of drug-likeness (QED) is 0.790. The average molecular weight is 282 g/mol. The number of anilines is 1. The molecule has 1 aromatic carbocycles. The zero-order valence-electron chi connectivity index (χ0n) is 11.5. The summed E-state index contributed by atoms with van der Waals surface area (Å²) in [4.78, 5) is 8.49. The molecule has 3 aromatic rings. The van der Waals surface area contributed by atoms with Crippen LogP contribution in [0, 0.1) is 0 Å². The normalized spacial score (nSPS) is 10.5. The summed E-state index contributed by atoms with van der Waals surface area (Å²) in [6.45, 7) is 0. The number of aromatic nitrogens is 3. The van der Waals surface area contributed by atoms with E-state index < -0.39 is 0 Å². The van der Waals surface area contributed by atoms with Crippen LogP contribution in [0.2, 0.25) is 0 Å². The number of pyridine rings is 1. The molecule has 0 aliphatic carbocycles. The van der Waals surface area contributed by atoms with Gasteiger partial charge in [0.25, 0.3) is 5.89 Å². The highest BCUT2D eigenvalue weighted by molar-refractivity contribution is 5.65. The van der Waals surface area contributed by atoms with Gasteiger partial charge in [-0.3, -0.25) is 0 Å². The molecule has 0 saturated heterocycles. The number of nitrogen functional groups attached to an aromatic ring is 1. The van der Waals surface area contributed by atoms with Crippen molar-refractivity contribution in [1.82, 2.24) is 15.1 Å². The number of ether oxygens (including phenoxy) is 1. The third kappa shape index (κ3) is 2.69. The average Bonchev–Trinajstić information content (AvgIpc) is 2.96. The topological polar surface area (TPSA) is 87.1 Å². The number of nitrogens with two attached hydrogens (primary N) is 1. The number of hydrogen-bond donors (Lipinski definition) is 1. The van der Waals surface area contributed by atoms with Crippen molar-refractivity contribution >= 4 is 5.69 Å². The maximum atomic E-state index is 5.85. The van der Waals surface area contributed by atoms with Crippen molar-refractivity contribution in [3.63, 3.8) is 0 Å². The van der Waals surface area contributed by atoms with Crippen LogP contribution in [-0.2, 0) is 6.42 Å². The first kappa shape index (κ1) is 13.1. The number of rotatable bonds is 4. The molecule has 0 radical (unpaired) electrons. The lowest BCUT2D eigenvalue weighted by Gasteiger charge is -2.05. The van der Waals surface area contributed by atoms with Gasteiger partial charge in [0, 0.05) is 18.2 Å². The first-order valence-electron chi connectivity index (χ1n) is 6.43. The summed E-state index contributed by atoms with van der Waals surface area (Å²) in [7, 11) is 1.63. The van der Waals surface area contributed by atoms with Crippen molar-refractivity contribution in [3.05, 3.63) is 54.0 Å². The fraction of sp³-hybridized carbons (Fsp3) is 0.133. The van der Waals surface area contributed by atoms with Gasteiger partial charge < -0.3 is 15.0 Å². The van der Waals surface area contributed by atoms with Gasteiger partial charge in [-0.2, -0.15) is 4.98 Å². The number of nitrogens with zero attached hydrogens (tertiary/aromatic N) is 3. The van der Waals surface area contributed by atoms with E-state index in [2.05, 4.69) is 15.1 Å². The lowest BCUT2D eigenvalue weighted by Crippen LogP contribution is -1.96. The molecule has 0 spiro atoms. The highest BCUT2D eigenvalue weighted by Crippen LogP contribution is 2.23. The first-order valence-corrected chi connectivity index (χ1v) is 6.43. The predicted octanol–water partition coefficient (Wildman–Crippen LogP) is 2.31. The lowest BCUT2D eigenvalue weighted by atomic mass is 10.1. The lowest BCUT2D eigenvalue weighted by molar-refractivity contribution is 0.408. The minimum Gasteiger partial charge on any atom is -0.496 e. The van der Waals surface area contributed by atoms with Crippen molar-refractivity contribution in [3.8, 4) is 17.3 Å². The smallest absolute Gasteiger partial charge is 0.278 e. The Bertz CT molecular complexity index is 755. The maximum absolute atomic E-state index is 5.85. The van der Waals surface area contributed by atoms with E-state index in [-0.39, 0.29) is 0 Å². The molecule has 0 amide bonds. The Morgan fingerprint density at radius 2 is 2.05 bits per heavy atom. The van der Waals surface area contributed by atoms with Crippen molar-refractivity contribution in [2.24, 2.45) is 0 Å². The van der Waals surface area contributed by atoms with E-state index in [1.165, 1.54) is 0 Å². The SMILES string of the molecule is COc1ccccc1Cc1noc(-c2ncccc2N)n1. The second-order valence-corrected chi connectivity index (χ2v) is 4.45. The molecule has 0 aliphatic rings. The number of hydrogen-bond acceptors (Lipinski definition) is 6. The molecule has 3 rings (SSSR count). The van der Waals surface area contributed by atoms with Gasteiger partial charge in [-0.1, -0.05) is 23.4 Å². The van der Waals surface area contributed by atoms with Crippen LogP contribution in [0.25, 0.3) is 11.6 Å². The van der Waals surface area contributed by atoms with E-state index in [0.717, 1.165) is 11.3 Å². The van der Waals surface area contributed by atoms with Crippen molar-refractivity contribution < 1.29 is 9.26 Å². The van der Waals surface area contributed by atoms with Crippen LogP contribution in [0.15, 0.2) is 47.1 Å². The largest absolute Gasteiger partial charge is 0.496 e. The Morgan fingerprint density at radius 1 is 1.19 bits per heavy atom. The summed E-state index contributed by atoms with van der Waals surface area (Å²) in [5, 5.41) is 3.97. The highest BCUT2D eigenvalue weighted by Gasteiger charge is 2.14. The molecule has 2 aromatic heterocycles. The fourth-order valence-corrected chi connectivity index (χ4v) is 2.04. The molecule has 2 heterocycles. The number of methoxy groups -OCH3 is 1. The third-order valence-electron chi connectivity index (χ3n) is 3.05. The van der Waals surface area contributed by atoms with Gasteiger partial charge in [0.15, 0.2) is 11.5 Å². The van der Waals surface area contributed by atoms with E-state index in [0.29, 0.717) is 29.5 Å². The molecule has 2 N–H and O–H groups in total. The predicted molar refractivity (Wildman–Crippen MR) is 77.7 cm³/mol. The van der Waals surface area contributed by atoms with Gasteiger partial charge in [0.05, 0.1) is 12.8 Å². The molecule has 6 nitrogen and oxygen atoms in total. The third-order valence-corrected chi connectivity index (χ3v) is 3.05. The molecule has 106 valence electrons. The maximum Gasteiger partial charge on any atom is 0.278 e. The van der Waals surface area contributed by atoms with Crippen LogP contribution < -0.4 is 10.5 Å². The van der Waals surface area contributed by atoms with Crippen LogP contribution in [0.5, 0.6) is 5.75 Å². The van der Waals surface area contributed by atoms with Gasteiger partial charge in [0.1, 0.15) is 5.75 Å². The Hall–Kier alpha value is -2.89. The Balaban J connectivity index is 1.87. The van der Waals surface area contributed by atoms with Gasteiger partial charge >= 0.3 is 0 Å². The second kappa shape index (κ2) is 5.62. The molecule has 0 aliphatic heterocycles. The Morgan fingerprint density at radius 3 is 2.86 bits per heavy atom. The summed E-state index contributed by atoms with van der Waals surface area (Å²) in [5.41, 5.74) is 7.84. The van der Waals surface area contributed by atoms with Crippen molar-refractivity contribution in [1.29, 1.82) is 0 Å². The van der Waals surface area contributed by atoms with Gasteiger partial charge in [-0.05, 0) is 18.2 Å². The van der Waals surface area contributed by atoms with E-state index in [9.17, 15) is 0 Å². The summed E-state index contributed by atoms with van der Waals surface area (Å²) in [6, 6.07) is 11.2. The number of benzene rings is 1. The zero-order chi connectivity index (χ0) is 14.7. The van der Waals surface area contributed by atoms with Gasteiger partial charge in [0.2, 0.25) is 0 Å². The Labute approximate surface area is 121 Å². The zero-order valence-corrected chi connectivity index (χ0v) is 11.5. The molecule has 0 unspecified atom stereocenters. The minimum absolute atomic E-state index is 0.318. The van der Waals surface area contributed by atoms with Crippen molar-refractivity contribution in [2.75, 3.05) is 12.8 Å². The van der Waals surface area contributed by atoms with Crippen LogP contribution in [0.4, 0.5) is 5.69 Å². The summed E-state index contributed by atoms with van der Waals surface area (Å²) < 4.78 is 10.5. The second-order valence-electron chi connectivity index (χ2n) is 4.45. The van der Waals surface area contributed by atoms with Crippen molar-refractivity contribution in [2.45, 2.75) is 6.42 Å². The van der Waals surface area contributed by atoms with E-state index in [1.807, 2.05) is 24.3 Å². The van der Waals surface area contributed by atoms with Crippen LogP contribution in [-0.4, -0.2) is 22.2 Å². The standard InChI is InChI=1S/C15H14N4O2/c1-20-12-7-3-2-5-10(12)9-13-18-15(21-19-13)14-11(16)6-4-8-17-14/h2-8H,9,16H2,1H3. The van der Waals surface area contributed by atoms with Crippen LogP contribution >= 0.6 is 0 Å². The number of para-hydroxylation sites is 1. The molecule has 0 saturated carbocycles. The molecule has 0 atom stereocenters. The fourth-order valence-electron chi connectivity index (χ4n) is 2.04. The minimum atomic E-state index is 0.318. The van der Waals surface area contributed by atoms with Gasteiger partial charge in [-0.25, -0.2) is 4.98 Å². The first-order chi connectivity index (χ1) is 10.3. The summed E-state index contributed by atoms with van der Waals surface area (Å²) in [5.74, 6) is 1.67. The molecule has 0 bridgehead atoms.